The van der Waals surface area contributed by atoms with Crippen molar-refractivity contribution in [2.45, 2.75) is 39.0 Å². The highest BCUT2D eigenvalue weighted by Crippen LogP contribution is 2.33. The van der Waals surface area contributed by atoms with Gasteiger partial charge in [-0.1, -0.05) is 20.8 Å². The monoisotopic (exact) mass is 273 g/mol. The second kappa shape index (κ2) is 5.71. The van der Waals surface area contributed by atoms with Crippen molar-refractivity contribution in [2.24, 2.45) is 0 Å². The summed E-state index contributed by atoms with van der Waals surface area (Å²) >= 11 is 3.51. The minimum Gasteiger partial charge on any atom is -0.468 e. The third-order valence-electron chi connectivity index (χ3n) is 2.59. The molecule has 0 saturated carbocycles. The molecule has 1 heterocycles. The molecule has 3 heteroatoms. The average Bonchev–Trinajstić information content (AvgIpc) is 2.60. The zero-order valence-electron chi connectivity index (χ0n) is 9.77. The van der Waals surface area contributed by atoms with Gasteiger partial charge in [-0.3, -0.25) is 0 Å². The first-order valence-electron chi connectivity index (χ1n) is 5.52. The van der Waals surface area contributed by atoms with Crippen LogP contribution in [0.15, 0.2) is 21.2 Å². The predicted molar refractivity (Wildman–Crippen MR) is 67.2 cm³/mol. The van der Waals surface area contributed by atoms with Crippen molar-refractivity contribution in [3.8, 4) is 0 Å². The van der Waals surface area contributed by atoms with Crippen LogP contribution in [0.2, 0.25) is 0 Å². The van der Waals surface area contributed by atoms with E-state index in [1.807, 2.05) is 6.07 Å². The summed E-state index contributed by atoms with van der Waals surface area (Å²) in [4.78, 5) is 0. The van der Waals surface area contributed by atoms with Crippen LogP contribution in [-0.4, -0.2) is 13.1 Å². The SMILES string of the molecule is CCCNCCC(C)(C)c1occc1Br. The Morgan fingerprint density at radius 2 is 2.13 bits per heavy atom. The zero-order chi connectivity index (χ0) is 11.3. The Morgan fingerprint density at radius 1 is 1.40 bits per heavy atom. The third kappa shape index (κ3) is 3.65. The van der Waals surface area contributed by atoms with Crippen molar-refractivity contribution in [3.05, 3.63) is 22.6 Å². The number of nitrogens with one attached hydrogen (secondary N) is 1. The van der Waals surface area contributed by atoms with E-state index >= 15 is 0 Å². The largest absolute Gasteiger partial charge is 0.468 e. The Balaban J connectivity index is 2.48. The molecule has 0 aromatic carbocycles. The summed E-state index contributed by atoms with van der Waals surface area (Å²) in [5, 5.41) is 3.42. The van der Waals surface area contributed by atoms with Crippen LogP contribution in [0.25, 0.3) is 0 Å². The number of furan rings is 1. The molecule has 0 aliphatic carbocycles. The molecule has 0 fully saturated rings. The van der Waals surface area contributed by atoms with Gasteiger partial charge in [-0.25, -0.2) is 0 Å². The lowest BCUT2D eigenvalue weighted by Crippen LogP contribution is -2.25. The van der Waals surface area contributed by atoms with Gasteiger partial charge in [0.1, 0.15) is 5.76 Å². The lowest BCUT2D eigenvalue weighted by Gasteiger charge is -2.22. The van der Waals surface area contributed by atoms with Crippen molar-refractivity contribution in [1.29, 1.82) is 0 Å². The van der Waals surface area contributed by atoms with E-state index in [9.17, 15) is 0 Å². The molecule has 86 valence electrons. The molecular formula is C12H20BrNO. The molecule has 1 aromatic heterocycles. The highest BCUT2D eigenvalue weighted by molar-refractivity contribution is 9.10. The van der Waals surface area contributed by atoms with Crippen LogP contribution in [0.5, 0.6) is 0 Å². The summed E-state index contributed by atoms with van der Waals surface area (Å²) in [6, 6.07) is 1.95. The van der Waals surface area contributed by atoms with Gasteiger partial charge in [0, 0.05) is 5.41 Å². The highest BCUT2D eigenvalue weighted by atomic mass is 79.9. The molecule has 1 aromatic rings. The molecule has 0 atom stereocenters. The van der Waals surface area contributed by atoms with Crippen LogP contribution in [0.3, 0.4) is 0 Å². The van der Waals surface area contributed by atoms with Gasteiger partial charge < -0.3 is 9.73 Å². The first-order chi connectivity index (χ1) is 7.08. The molecule has 0 unspecified atom stereocenters. The smallest absolute Gasteiger partial charge is 0.123 e. The molecule has 0 aliphatic rings. The molecular weight excluding hydrogens is 254 g/mol. The lowest BCUT2D eigenvalue weighted by atomic mass is 9.86. The average molecular weight is 274 g/mol. The van der Waals surface area contributed by atoms with Gasteiger partial charge in [-0.2, -0.15) is 0 Å². The van der Waals surface area contributed by atoms with Crippen molar-refractivity contribution in [3.63, 3.8) is 0 Å². The van der Waals surface area contributed by atoms with E-state index in [2.05, 4.69) is 42.0 Å². The zero-order valence-corrected chi connectivity index (χ0v) is 11.4. The highest BCUT2D eigenvalue weighted by Gasteiger charge is 2.25. The van der Waals surface area contributed by atoms with E-state index in [1.54, 1.807) is 6.26 Å². The third-order valence-corrected chi connectivity index (χ3v) is 3.21. The summed E-state index contributed by atoms with van der Waals surface area (Å²) < 4.78 is 6.58. The number of rotatable bonds is 6. The van der Waals surface area contributed by atoms with Crippen molar-refractivity contribution < 1.29 is 4.42 Å². The van der Waals surface area contributed by atoms with E-state index in [0.717, 1.165) is 29.7 Å². The van der Waals surface area contributed by atoms with E-state index in [1.165, 1.54) is 6.42 Å². The molecule has 0 amide bonds. The molecule has 0 bridgehead atoms. The molecule has 1 N–H and O–H groups in total. The van der Waals surface area contributed by atoms with E-state index in [4.69, 9.17) is 4.42 Å². The van der Waals surface area contributed by atoms with Crippen LogP contribution in [0.1, 0.15) is 39.4 Å². The molecule has 0 aliphatic heterocycles. The van der Waals surface area contributed by atoms with Crippen LogP contribution < -0.4 is 5.32 Å². The molecule has 0 saturated heterocycles. The maximum atomic E-state index is 5.51. The Bertz CT molecular complexity index is 294. The minimum atomic E-state index is 0.0864. The Labute approximate surface area is 101 Å². The van der Waals surface area contributed by atoms with E-state index in [-0.39, 0.29) is 5.41 Å². The van der Waals surface area contributed by atoms with Crippen molar-refractivity contribution >= 4 is 15.9 Å². The summed E-state index contributed by atoms with van der Waals surface area (Å²) in [5.41, 5.74) is 0.0864. The fourth-order valence-corrected chi connectivity index (χ4v) is 2.33. The molecule has 1 rings (SSSR count). The maximum Gasteiger partial charge on any atom is 0.123 e. The van der Waals surface area contributed by atoms with Crippen LogP contribution in [0.4, 0.5) is 0 Å². The maximum absolute atomic E-state index is 5.51. The molecule has 0 radical (unpaired) electrons. The van der Waals surface area contributed by atoms with Gasteiger partial charge in [0.15, 0.2) is 0 Å². The fourth-order valence-electron chi connectivity index (χ4n) is 1.59. The molecule has 2 nitrogen and oxygen atoms in total. The minimum absolute atomic E-state index is 0.0864. The Morgan fingerprint density at radius 3 is 2.67 bits per heavy atom. The van der Waals surface area contributed by atoms with Crippen molar-refractivity contribution in [1.82, 2.24) is 5.32 Å². The van der Waals surface area contributed by atoms with Gasteiger partial charge in [0.25, 0.3) is 0 Å². The quantitative estimate of drug-likeness (QED) is 0.800. The van der Waals surface area contributed by atoms with Gasteiger partial charge in [-0.05, 0) is 47.9 Å². The fraction of sp³-hybridized carbons (Fsp3) is 0.667. The van der Waals surface area contributed by atoms with E-state index < -0.39 is 0 Å². The van der Waals surface area contributed by atoms with Crippen molar-refractivity contribution in [2.75, 3.05) is 13.1 Å². The summed E-state index contributed by atoms with van der Waals surface area (Å²) in [5.74, 6) is 1.04. The number of hydrogen-bond acceptors (Lipinski definition) is 2. The number of hydrogen-bond donors (Lipinski definition) is 1. The Kier molecular flexibility index (Phi) is 4.87. The van der Waals surface area contributed by atoms with Gasteiger partial charge in [0.2, 0.25) is 0 Å². The second-order valence-corrected chi connectivity index (χ2v) is 5.34. The Hall–Kier alpha value is -0.280. The first-order valence-corrected chi connectivity index (χ1v) is 6.31. The second-order valence-electron chi connectivity index (χ2n) is 4.48. The lowest BCUT2D eigenvalue weighted by molar-refractivity contribution is 0.356. The molecule has 15 heavy (non-hydrogen) atoms. The topological polar surface area (TPSA) is 25.2 Å². The van der Waals surface area contributed by atoms with Gasteiger partial charge >= 0.3 is 0 Å². The van der Waals surface area contributed by atoms with Crippen LogP contribution in [-0.2, 0) is 5.41 Å². The normalized spacial score (nSPS) is 12.0. The van der Waals surface area contributed by atoms with Gasteiger partial charge in [-0.15, -0.1) is 0 Å². The standard InChI is InChI=1S/C12H20BrNO/c1-4-7-14-8-6-12(2,3)11-10(13)5-9-15-11/h5,9,14H,4,6-8H2,1-3H3. The van der Waals surface area contributed by atoms with E-state index in [0.29, 0.717) is 0 Å². The summed E-state index contributed by atoms with van der Waals surface area (Å²) in [7, 11) is 0. The van der Waals surface area contributed by atoms with Crippen LogP contribution >= 0.6 is 15.9 Å². The van der Waals surface area contributed by atoms with Gasteiger partial charge in [0.05, 0.1) is 10.7 Å². The molecule has 0 spiro atoms. The first kappa shape index (κ1) is 12.8. The summed E-state index contributed by atoms with van der Waals surface area (Å²) in [6.45, 7) is 8.74. The number of halogens is 1. The predicted octanol–water partition coefficient (Wildman–Crippen LogP) is 3.71. The van der Waals surface area contributed by atoms with Crippen LogP contribution in [0, 0.1) is 0 Å². The summed E-state index contributed by atoms with van der Waals surface area (Å²) in [6.07, 6.45) is 4.00.